The van der Waals surface area contributed by atoms with Gasteiger partial charge < -0.3 is 9.47 Å². The van der Waals surface area contributed by atoms with Gasteiger partial charge in [-0.3, -0.25) is 0 Å². The molecule has 2 nitrogen and oxygen atoms in total. The van der Waals surface area contributed by atoms with Gasteiger partial charge in [-0.2, -0.15) is 0 Å². The molecule has 12 heavy (non-hydrogen) atoms. The van der Waals surface area contributed by atoms with Crippen molar-refractivity contribution in [3.8, 4) is 11.5 Å². The molecule has 1 rings (SSSR count). The first-order valence-electron chi connectivity index (χ1n) is 3.07. The van der Waals surface area contributed by atoms with Crippen LogP contribution < -0.4 is 28.3 Å². The molecule has 0 fully saturated rings. The molecule has 0 radical (unpaired) electrons. The minimum atomic E-state index is -0.535. The monoisotopic (exact) mass is 162 g/mol. The van der Waals surface area contributed by atoms with E-state index >= 15 is 0 Å². The van der Waals surface area contributed by atoms with E-state index in [1.807, 2.05) is 0 Å². The number of methoxy groups -OCH3 is 2. The number of rotatable bonds is 2. The summed E-state index contributed by atoms with van der Waals surface area (Å²) in [5, 5.41) is 0. The third kappa shape index (κ3) is 2.44. The smallest absolute Gasteiger partial charge is 0.551 e. The zero-order chi connectivity index (χ0) is 8.27. The van der Waals surface area contributed by atoms with Crippen molar-refractivity contribution in [3.05, 3.63) is 24.0 Å². The van der Waals surface area contributed by atoms with E-state index in [9.17, 15) is 4.39 Å². The van der Waals surface area contributed by atoms with Crippen LogP contribution in [-0.2, 0) is 0 Å². The third-order valence-electron chi connectivity index (χ3n) is 1.28. The van der Waals surface area contributed by atoms with E-state index in [0.29, 0.717) is 5.75 Å². The van der Waals surface area contributed by atoms with Crippen molar-refractivity contribution >= 4 is 0 Å². The second-order valence-corrected chi connectivity index (χ2v) is 1.91. The van der Waals surface area contributed by atoms with Crippen LogP contribution in [0.4, 0.5) is 4.39 Å². The predicted molar refractivity (Wildman–Crippen MR) is 38.3 cm³/mol. The Kier molecular flexibility index (Phi) is 4.80. The summed E-state index contributed by atoms with van der Waals surface area (Å²) in [6.45, 7) is 0. The van der Waals surface area contributed by atoms with Gasteiger partial charge in [-0.15, -0.1) is 12.1 Å². The van der Waals surface area contributed by atoms with Gasteiger partial charge in [0.05, 0.1) is 20.0 Å². The Labute approximate surface area is 82.9 Å². The number of benzene rings is 1. The molecule has 0 atom stereocenters. The summed E-state index contributed by atoms with van der Waals surface area (Å²) in [6.07, 6.45) is 0. The quantitative estimate of drug-likeness (QED) is 0.395. The third-order valence-corrected chi connectivity index (χ3v) is 1.28. The zero-order valence-electron chi connectivity index (χ0n) is 7.35. The second kappa shape index (κ2) is 5.07. The van der Waals surface area contributed by atoms with Crippen molar-refractivity contribution < 1.29 is 32.7 Å². The van der Waals surface area contributed by atoms with E-state index in [4.69, 9.17) is 4.74 Å². The average Bonchev–Trinajstić information content (AvgIpc) is 2.04. The molecule has 1 aromatic carbocycles. The van der Waals surface area contributed by atoms with Gasteiger partial charge in [-0.1, -0.05) is 6.07 Å². The predicted octanol–water partition coefficient (Wildman–Crippen LogP) is -1.35. The molecular formula is C8H8FLiO2. The van der Waals surface area contributed by atoms with Crippen LogP contribution in [0.2, 0.25) is 0 Å². The molecule has 0 amide bonds. The van der Waals surface area contributed by atoms with Crippen LogP contribution in [-0.4, -0.2) is 14.2 Å². The molecule has 0 aliphatic heterocycles. The number of halogens is 1. The summed E-state index contributed by atoms with van der Waals surface area (Å²) in [5.41, 5.74) is 0. The molecule has 0 aliphatic carbocycles. The van der Waals surface area contributed by atoms with E-state index in [2.05, 4.69) is 10.8 Å². The fourth-order valence-electron chi connectivity index (χ4n) is 0.713. The van der Waals surface area contributed by atoms with Gasteiger partial charge >= 0.3 is 18.9 Å². The summed E-state index contributed by atoms with van der Waals surface area (Å²) in [6, 6.07) is 5.44. The SMILES string of the molecule is COc1[c-]c(F)c(OC)cc1.[Li+]. The first-order valence-corrected chi connectivity index (χ1v) is 3.07. The number of ether oxygens (including phenoxy) is 2. The van der Waals surface area contributed by atoms with E-state index in [-0.39, 0.29) is 24.6 Å². The van der Waals surface area contributed by atoms with E-state index < -0.39 is 5.82 Å². The van der Waals surface area contributed by atoms with Crippen molar-refractivity contribution in [2.24, 2.45) is 0 Å². The summed E-state index contributed by atoms with van der Waals surface area (Å²) in [4.78, 5) is 0. The fourth-order valence-corrected chi connectivity index (χ4v) is 0.713. The average molecular weight is 162 g/mol. The molecule has 60 valence electrons. The summed E-state index contributed by atoms with van der Waals surface area (Å²) in [7, 11) is 2.86. The Hall–Kier alpha value is -0.653. The molecule has 4 heteroatoms. The van der Waals surface area contributed by atoms with E-state index in [1.165, 1.54) is 20.3 Å². The maximum absolute atomic E-state index is 12.8. The molecule has 0 saturated carbocycles. The maximum atomic E-state index is 12.8. The Balaban J connectivity index is 0.00000121. The van der Waals surface area contributed by atoms with Crippen molar-refractivity contribution in [1.82, 2.24) is 0 Å². The van der Waals surface area contributed by atoms with Crippen LogP contribution in [0.3, 0.4) is 0 Å². The van der Waals surface area contributed by atoms with Crippen LogP contribution in [0.1, 0.15) is 0 Å². The van der Waals surface area contributed by atoms with Gasteiger partial charge in [0.15, 0.2) is 0 Å². The van der Waals surface area contributed by atoms with Crippen LogP contribution >= 0.6 is 0 Å². The molecule has 0 spiro atoms. The first kappa shape index (κ1) is 11.3. The fraction of sp³-hybridized carbons (Fsp3) is 0.250. The Bertz CT molecular complexity index is 253. The standard InChI is InChI=1S/C8H8FO2.Li/c1-10-6-3-4-8(11-2)7(9)5-6;/h3-4H,1-2H3;/q-1;+1. The second-order valence-electron chi connectivity index (χ2n) is 1.91. The summed E-state index contributed by atoms with van der Waals surface area (Å²) >= 11 is 0. The van der Waals surface area contributed by atoms with Crippen molar-refractivity contribution in [2.75, 3.05) is 14.2 Å². The summed E-state index contributed by atoms with van der Waals surface area (Å²) < 4.78 is 22.2. The van der Waals surface area contributed by atoms with Crippen LogP contribution in [0.25, 0.3) is 0 Å². The largest absolute Gasteiger partial charge is 1.00 e. The van der Waals surface area contributed by atoms with E-state index in [1.54, 1.807) is 6.07 Å². The minimum absolute atomic E-state index is 0. The molecule has 0 saturated heterocycles. The first-order chi connectivity index (χ1) is 5.27. The number of hydrogen-bond donors (Lipinski definition) is 0. The van der Waals surface area contributed by atoms with Gasteiger partial charge in [0, 0.05) is 11.5 Å². The van der Waals surface area contributed by atoms with Crippen molar-refractivity contribution in [3.63, 3.8) is 0 Å². The number of hydrogen-bond acceptors (Lipinski definition) is 2. The normalized spacial score (nSPS) is 8.58. The molecular weight excluding hydrogens is 154 g/mol. The van der Waals surface area contributed by atoms with E-state index in [0.717, 1.165) is 0 Å². The molecule has 1 aromatic rings. The zero-order valence-corrected chi connectivity index (χ0v) is 7.35. The Morgan fingerprint density at radius 2 is 1.92 bits per heavy atom. The topological polar surface area (TPSA) is 18.5 Å². The van der Waals surface area contributed by atoms with Crippen molar-refractivity contribution in [1.29, 1.82) is 0 Å². The van der Waals surface area contributed by atoms with Gasteiger partial charge in [-0.25, -0.2) is 4.39 Å². The van der Waals surface area contributed by atoms with Gasteiger partial charge in [0.2, 0.25) is 0 Å². The molecule has 0 bridgehead atoms. The summed E-state index contributed by atoms with van der Waals surface area (Å²) in [5.74, 6) is 0.000880. The van der Waals surface area contributed by atoms with Crippen LogP contribution in [0, 0.1) is 11.9 Å². The van der Waals surface area contributed by atoms with Gasteiger partial charge in [0.1, 0.15) is 0 Å². The Morgan fingerprint density at radius 3 is 2.33 bits per heavy atom. The van der Waals surface area contributed by atoms with Gasteiger partial charge in [0.25, 0.3) is 0 Å². The van der Waals surface area contributed by atoms with Crippen molar-refractivity contribution in [2.45, 2.75) is 0 Å². The molecule has 0 N–H and O–H groups in total. The molecule has 0 aromatic heterocycles. The van der Waals surface area contributed by atoms with Gasteiger partial charge in [-0.05, 0) is 0 Å². The Morgan fingerprint density at radius 1 is 1.25 bits per heavy atom. The molecule has 0 aliphatic rings. The molecule has 0 unspecified atom stereocenters. The van der Waals surface area contributed by atoms with Crippen LogP contribution in [0.5, 0.6) is 11.5 Å². The minimum Gasteiger partial charge on any atom is -0.551 e. The molecule has 0 heterocycles. The van der Waals surface area contributed by atoms with Crippen LogP contribution in [0.15, 0.2) is 12.1 Å². The maximum Gasteiger partial charge on any atom is 1.00 e.